The summed E-state index contributed by atoms with van der Waals surface area (Å²) in [6.07, 6.45) is 1.85. The van der Waals surface area contributed by atoms with E-state index < -0.39 is 12.0 Å². The summed E-state index contributed by atoms with van der Waals surface area (Å²) in [6, 6.07) is 30.4. The minimum Gasteiger partial charge on any atom is -0.490 e. The van der Waals surface area contributed by atoms with Gasteiger partial charge in [0.2, 0.25) is 0 Å². The van der Waals surface area contributed by atoms with Crippen molar-refractivity contribution < 1.29 is 14.3 Å². The molecular formula is C35H30N2O4S. The summed E-state index contributed by atoms with van der Waals surface area (Å²) in [7, 11) is 0. The molecule has 1 atom stereocenters. The summed E-state index contributed by atoms with van der Waals surface area (Å²) in [4.78, 5) is 33.4. The Morgan fingerprint density at radius 1 is 0.952 bits per heavy atom. The van der Waals surface area contributed by atoms with Crippen LogP contribution < -0.4 is 19.6 Å². The van der Waals surface area contributed by atoms with Crippen molar-refractivity contribution in [3.63, 3.8) is 0 Å². The van der Waals surface area contributed by atoms with E-state index in [-0.39, 0.29) is 18.3 Å². The molecule has 1 aromatic heterocycles. The quantitative estimate of drug-likeness (QED) is 0.228. The van der Waals surface area contributed by atoms with Gasteiger partial charge in [0, 0.05) is 11.1 Å². The molecule has 0 aliphatic carbocycles. The molecule has 0 bridgehead atoms. The number of rotatable bonds is 7. The maximum atomic E-state index is 14.3. The first-order valence-corrected chi connectivity index (χ1v) is 14.8. The van der Waals surface area contributed by atoms with Crippen molar-refractivity contribution in [2.45, 2.75) is 32.9 Å². The van der Waals surface area contributed by atoms with Crippen LogP contribution in [0.2, 0.25) is 0 Å². The smallest absolute Gasteiger partial charge is 0.338 e. The van der Waals surface area contributed by atoms with Crippen LogP contribution in [0.1, 0.15) is 43.5 Å². The third-order valence-corrected chi connectivity index (χ3v) is 8.04. The van der Waals surface area contributed by atoms with E-state index in [1.807, 2.05) is 117 Å². The number of hydrogen-bond donors (Lipinski definition) is 0. The van der Waals surface area contributed by atoms with Crippen LogP contribution in [0.3, 0.4) is 0 Å². The summed E-state index contributed by atoms with van der Waals surface area (Å²) < 4.78 is 13.9. The van der Waals surface area contributed by atoms with Gasteiger partial charge in [-0.3, -0.25) is 9.36 Å². The highest BCUT2D eigenvalue weighted by atomic mass is 32.1. The fraction of sp³-hybridized carbons (Fsp3) is 0.171. The Hall–Kier alpha value is -4.75. The van der Waals surface area contributed by atoms with E-state index in [9.17, 15) is 9.59 Å². The topological polar surface area (TPSA) is 69.9 Å². The van der Waals surface area contributed by atoms with Gasteiger partial charge in [-0.25, -0.2) is 9.79 Å². The Morgan fingerprint density at radius 2 is 1.64 bits per heavy atom. The molecule has 7 heteroatoms. The Bertz CT molecular complexity index is 1990. The molecule has 210 valence electrons. The standard InChI is InChI=1S/C35H30N2O4S/c1-4-40-34(39)30-31(24-14-7-5-8-15-24)36-35-37(32(30)25-16-9-6-10-17-25)33(38)29(42-35)21-27-26-18-12-11-13-23(26)19-20-28(27)41-22(2)3/h5-22,32H,4H2,1-3H3/b29-21-/t32-/m0/s1. The molecule has 0 radical (unpaired) electrons. The number of aromatic nitrogens is 1. The van der Waals surface area contributed by atoms with Crippen LogP contribution >= 0.6 is 11.3 Å². The van der Waals surface area contributed by atoms with E-state index in [0.29, 0.717) is 26.4 Å². The molecule has 6 rings (SSSR count). The molecule has 0 saturated heterocycles. The Labute approximate surface area is 247 Å². The van der Waals surface area contributed by atoms with Crippen molar-refractivity contribution in [2.75, 3.05) is 6.61 Å². The molecule has 4 aromatic carbocycles. The van der Waals surface area contributed by atoms with Gasteiger partial charge >= 0.3 is 5.97 Å². The molecule has 6 nitrogen and oxygen atoms in total. The third kappa shape index (κ3) is 5.08. The van der Waals surface area contributed by atoms with Gasteiger partial charge in [-0.05, 0) is 49.2 Å². The van der Waals surface area contributed by atoms with E-state index >= 15 is 0 Å². The van der Waals surface area contributed by atoms with Gasteiger partial charge in [0.05, 0.1) is 34.6 Å². The lowest BCUT2D eigenvalue weighted by Crippen LogP contribution is -2.40. The monoisotopic (exact) mass is 574 g/mol. The predicted octanol–water partition coefficient (Wildman–Crippen LogP) is 5.88. The first kappa shape index (κ1) is 27.4. The molecule has 42 heavy (non-hydrogen) atoms. The summed E-state index contributed by atoms with van der Waals surface area (Å²) in [5, 5.41) is 2.03. The summed E-state index contributed by atoms with van der Waals surface area (Å²) in [5.41, 5.74) is 3.01. The highest BCUT2D eigenvalue weighted by Gasteiger charge is 2.35. The van der Waals surface area contributed by atoms with Crippen LogP contribution in [0.5, 0.6) is 5.75 Å². The number of carbonyl (C=O) groups excluding carboxylic acids is 1. The molecule has 0 fully saturated rings. The molecule has 0 saturated carbocycles. The minimum absolute atomic E-state index is 0.0434. The van der Waals surface area contributed by atoms with Crippen LogP contribution in [0.25, 0.3) is 22.5 Å². The molecule has 0 unspecified atom stereocenters. The van der Waals surface area contributed by atoms with Gasteiger partial charge in [-0.2, -0.15) is 0 Å². The van der Waals surface area contributed by atoms with Crippen LogP contribution in [-0.2, 0) is 9.53 Å². The van der Waals surface area contributed by atoms with Crippen molar-refractivity contribution >= 4 is 39.9 Å². The van der Waals surface area contributed by atoms with Gasteiger partial charge in [-0.15, -0.1) is 0 Å². The fourth-order valence-electron chi connectivity index (χ4n) is 5.30. The Morgan fingerprint density at radius 3 is 2.36 bits per heavy atom. The van der Waals surface area contributed by atoms with E-state index in [4.69, 9.17) is 14.5 Å². The maximum Gasteiger partial charge on any atom is 0.338 e. The largest absolute Gasteiger partial charge is 0.490 e. The second-order valence-corrected chi connectivity index (χ2v) is 11.2. The molecular weight excluding hydrogens is 544 g/mol. The van der Waals surface area contributed by atoms with Gasteiger partial charge < -0.3 is 9.47 Å². The van der Waals surface area contributed by atoms with E-state index in [0.717, 1.165) is 27.5 Å². The number of carbonyl (C=O) groups is 1. The first-order chi connectivity index (χ1) is 20.5. The van der Waals surface area contributed by atoms with Crippen molar-refractivity contribution in [3.8, 4) is 5.75 Å². The SMILES string of the molecule is CCOC(=O)C1=C(c2ccccc2)N=c2s/c(=C\c3c(OC(C)C)ccc4ccccc34)c(=O)n2[C@H]1c1ccccc1. The van der Waals surface area contributed by atoms with Crippen LogP contribution in [0, 0.1) is 0 Å². The number of fused-ring (bicyclic) bond motifs is 2. The molecule has 0 amide bonds. The van der Waals surface area contributed by atoms with Crippen molar-refractivity contribution in [1.29, 1.82) is 0 Å². The highest BCUT2D eigenvalue weighted by molar-refractivity contribution is 7.07. The number of ether oxygens (including phenoxy) is 2. The summed E-state index contributed by atoms with van der Waals surface area (Å²) in [5.74, 6) is 0.205. The lowest BCUT2D eigenvalue weighted by molar-refractivity contribution is -0.138. The van der Waals surface area contributed by atoms with Gasteiger partial charge in [0.15, 0.2) is 4.80 Å². The van der Waals surface area contributed by atoms with Crippen LogP contribution in [-0.4, -0.2) is 23.2 Å². The lowest BCUT2D eigenvalue weighted by atomic mass is 9.93. The van der Waals surface area contributed by atoms with Crippen LogP contribution in [0.15, 0.2) is 112 Å². The molecule has 1 aliphatic rings. The van der Waals surface area contributed by atoms with Crippen molar-refractivity contribution in [2.24, 2.45) is 4.99 Å². The van der Waals surface area contributed by atoms with E-state index in [2.05, 4.69) is 0 Å². The Balaban J connectivity index is 1.66. The zero-order valence-electron chi connectivity index (χ0n) is 23.6. The summed E-state index contributed by atoms with van der Waals surface area (Å²) in [6.45, 7) is 5.94. The second kappa shape index (κ2) is 11.6. The number of benzene rings is 4. The average Bonchev–Trinajstić information content (AvgIpc) is 3.32. The zero-order chi connectivity index (χ0) is 29.2. The molecule has 0 N–H and O–H groups in total. The molecule has 2 heterocycles. The van der Waals surface area contributed by atoms with E-state index in [1.165, 1.54) is 11.3 Å². The van der Waals surface area contributed by atoms with E-state index in [1.54, 1.807) is 11.5 Å². The lowest BCUT2D eigenvalue weighted by Gasteiger charge is -2.25. The molecule has 1 aliphatic heterocycles. The maximum absolute atomic E-state index is 14.3. The predicted molar refractivity (Wildman–Crippen MR) is 167 cm³/mol. The Kier molecular flexibility index (Phi) is 7.59. The number of thiazole rings is 1. The number of esters is 1. The van der Waals surface area contributed by atoms with Gasteiger partial charge in [0.1, 0.15) is 5.75 Å². The van der Waals surface area contributed by atoms with Gasteiger partial charge in [0.25, 0.3) is 5.56 Å². The third-order valence-electron chi connectivity index (χ3n) is 7.06. The minimum atomic E-state index is -0.710. The highest BCUT2D eigenvalue weighted by Crippen LogP contribution is 2.35. The molecule has 0 spiro atoms. The average molecular weight is 575 g/mol. The van der Waals surface area contributed by atoms with Crippen molar-refractivity contribution in [1.82, 2.24) is 4.57 Å². The van der Waals surface area contributed by atoms with Crippen LogP contribution in [0.4, 0.5) is 0 Å². The van der Waals surface area contributed by atoms with Gasteiger partial charge in [-0.1, -0.05) is 102 Å². The number of hydrogen-bond acceptors (Lipinski definition) is 6. The molecule has 5 aromatic rings. The fourth-order valence-corrected chi connectivity index (χ4v) is 6.29. The summed E-state index contributed by atoms with van der Waals surface area (Å²) >= 11 is 1.30. The first-order valence-electron chi connectivity index (χ1n) is 14.0. The van der Waals surface area contributed by atoms with Crippen molar-refractivity contribution in [3.05, 3.63) is 139 Å². The normalized spacial score (nSPS) is 15.0. The second-order valence-electron chi connectivity index (χ2n) is 10.2. The number of nitrogens with zero attached hydrogens (tertiary/aromatic N) is 2. The zero-order valence-corrected chi connectivity index (χ0v) is 24.4.